The number of benzene rings is 2. The summed E-state index contributed by atoms with van der Waals surface area (Å²) in [5, 5.41) is 24.0. The molecule has 2 aromatic rings. The van der Waals surface area contributed by atoms with E-state index in [1.54, 1.807) is 12.1 Å². The van der Waals surface area contributed by atoms with Gasteiger partial charge in [-0.1, -0.05) is 43.0 Å². The molecule has 25 nitrogen and oxygen atoms in total. The highest BCUT2D eigenvalue weighted by Crippen LogP contribution is 2.53. The number of nitrogens with zero attached hydrogens (tertiary/aromatic N) is 2. The quantitative estimate of drug-likeness (QED) is 0.0486. The van der Waals surface area contributed by atoms with E-state index in [1.807, 2.05) is 18.2 Å². The van der Waals surface area contributed by atoms with E-state index in [-0.39, 0.29) is 21.9 Å². The second-order valence-electron chi connectivity index (χ2n) is 5.85. The standard InChI is InChI=1S/C10H8O3S.CHNS.CH4O3S.BrH.HNO3.H4O7P2.H2O4S.H3O3P/c11-14(12,13)10-6-5-8-3-1-2-4-9(8)7-10;2-1-3;1-5(2,3)4;;2-1(3)4;1-8(2,3)7-9(4,5)6;1-5(2,3)4;1-4(2)3/h1-7H,(H,11,12,13);3H;1H3,(H,2,3,4);1H;(H,2,3,4);(H2,1,2,3)(H2,4,5,6);(H2,1,2,3,4);4H,(H2,1,2,3). The lowest BCUT2D eigenvalue weighted by molar-refractivity contribution is -0.742. The summed E-state index contributed by atoms with van der Waals surface area (Å²) in [5.41, 5.74) is 0. The number of phosphoric acid groups is 2. The molecule has 0 aliphatic carbocycles. The Morgan fingerprint density at radius 2 is 1.13 bits per heavy atom. The Balaban J connectivity index is -0.000000107. The van der Waals surface area contributed by atoms with E-state index in [0.717, 1.165) is 10.8 Å². The maximum Gasteiger partial charge on any atom is 0.478 e. The van der Waals surface area contributed by atoms with E-state index in [4.69, 9.17) is 81.1 Å². The Kier molecular flexibility index (Phi) is 32.7. The summed E-state index contributed by atoms with van der Waals surface area (Å²) < 4.78 is 119. The van der Waals surface area contributed by atoms with Gasteiger partial charge >= 0.3 is 34.3 Å². The van der Waals surface area contributed by atoms with Crippen LogP contribution in [0.25, 0.3) is 10.8 Å². The molecule has 0 amide bonds. The topological polar surface area (TPSA) is 452 Å². The first-order chi connectivity index (χ1) is 19.2. The minimum absolute atomic E-state index is 0. The van der Waals surface area contributed by atoms with Gasteiger partial charge in [0.1, 0.15) is 5.40 Å². The average Bonchev–Trinajstić information content (AvgIpc) is 2.68. The van der Waals surface area contributed by atoms with Crippen molar-refractivity contribution < 1.29 is 101 Å². The smallest absolute Gasteiger partial charge is 0.328 e. The van der Waals surface area contributed by atoms with E-state index in [2.05, 4.69) is 16.9 Å². The van der Waals surface area contributed by atoms with E-state index in [0.29, 0.717) is 6.26 Å². The zero-order chi connectivity index (χ0) is 36.8. The Morgan fingerprint density at radius 3 is 1.33 bits per heavy atom. The Morgan fingerprint density at radius 1 is 0.889 bits per heavy atom. The van der Waals surface area contributed by atoms with Gasteiger partial charge in [0.2, 0.25) is 0 Å². The predicted octanol–water partition coefficient (Wildman–Crippen LogP) is 0.114. The fourth-order valence-corrected chi connectivity index (χ4v) is 3.09. The largest absolute Gasteiger partial charge is 0.478 e. The van der Waals surface area contributed by atoms with Crippen LogP contribution in [0.3, 0.4) is 0 Å². The lowest BCUT2D eigenvalue weighted by Gasteiger charge is -2.03. The van der Waals surface area contributed by atoms with Crippen molar-refractivity contribution in [3.8, 4) is 5.40 Å². The van der Waals surface area contributed by atoms with Crippen LogP contribution in [0, 0.1) is 20.8 Å². The van der Waals surface area contributed by atoms with Crippen LogP contribution in [0.1, 0.15) is 0 Å². The highest BCUT2D eigenvalue weighted by molar-refractivity contribution is 8.93. The molecule has 0 saturated heterocycles. The molecule has 2 rings (SSSR count). The first-order valence-electron chi connectivity index (χ1n) is 8.85. The molecule has 0 atom stereocenters. The zero-order valence-electron chi connectivity index (χ0n) is 21.2. The molecule has 0 radical (unpaired) electrons. The number of rotatable bonds is 3. The average molecular weight is 865 g/mol. The van der Waals surface area contributed by atoms with Crippen molar-refractivity contribution in [1.82, 2.24) is 0 Å². The number of thiol groups is 1. The van der Waals surface area contributed by atoms with Gasteiger partial charge in [-0.25, -0.2) is 9.13 Å². The lowest BCUT2D eigenvalue weighted by Crippen LogP contribution is -1.97. The summed E-state index contributed by atoms with van der Waals surface area (Å²) in [4.78, 5) is 53.6. The molecule has 266 valence electrons. The van der Waals surface area contributed by atoms with Gasteiger partial charge in [-0.05, 0) is 22.9 Å². The monoisotopic (exact) mass is 864 g/mol. The van der Waals surface area contributed by atoms with Crippen LogP contribution in [0.15, 0.2) is 47.4 Å². The van der Waals surface area contributed by atoms with Crippen molar-refractivity contribution in [1.29, 1.82) is 5.26 Å². The summed E-state index contributed by atoms with van der Waals surface area (Å²) in [7, 11) is -25.7. The molecule has 0 aromatic heterocycles. The molecular formula is C12H24BrN2O23P3S4. The maximum atomic E-state index is 10.8. The lowest BCUT2D eigenvalue weighted by atomic mass is 10.1. The summed E-state index contributed by atoms with van der Waals surface area (Å²) in [6.07, 6.45) is 0.715. The second-order valence-corrected chi connectivity index (χ2v) is 13.0. The van der Waals surface area contributed by atoms with Crippen LogP contribution in [0.4, 0.5) is 0 Å². The fourth-order valence-electron chi connectivity index (χ4n) is 1.47. The minimum Gasteiger partial charge on any atom is -0.328 e. The number of fused-ring (bicyclic) bond motifs is 1. The molecule has 0 spiro atoms. The van der Waals surface area contributed by atoms with Crippen molar-refractivity contribution in [3.05, 3.63) is 52.6 Å². The number of nitriles is 1. The predicted molar refractivity (Wildman–Crippen MR) is 158 cm³/mol. The van der Waals surface area contributed by atoms with Crippen molar-refractivity contribution in [2.24, 2.45) is 0 Å². The van der Waals surface area contributed by atoms with Gasteiger partial charge in [-0.15, -0.1) is 27.1 Å². The summed E-state index contributed by atoms with van der Waals surface area (Å²) in [5.74, 6) is 0. The molecule has 0 aliphatic heterocycles. The first kappa shape index (κ1) is 55.7. The van der Waals surface area contributed by atoms with Crippen molar-refractivity contribution in [3.63, 3.8) is 0 Å². The van der Waals surface area contributed by atoms with Crippen molar-refractivity contribution >= 4 is 94.9 Å². The van der Waals surface area contributed by atoms with Gasteiger partial charge in [0, 0.05) is 0 Å². The SMILES string of the molecule is Br.CS(=O)(=O)O.N#CS.O=P(O)(O)OP(=O)(O)O.O=S(=O)(O)O.O=S(=O)(O)c1ccc2ccccc2c1.O=[N+]([O-])O.O=[PH](O)O. The number of hydrogen-bond acceptors (Lipinski definition) is 14. The number of hydrogen-bond donors (Lipinski definition) is 12. The van der Waals surface area contributed by atoms with Crippen LogP contribution in [-0.4, -0.2) is 89.4 Å². The van der Waals surface area contributed by atoms with Crippen LogP contribution >= 0.6 is 53.5 Å². The third-order valence-electron chi connectivity index (χ3n) is 2.23. The fraction of sp³-hybridized carbons (Fsp3) is 0.0833. The maximum absolute atomic E-state index is 10.8. The molecule has 0 bridgehead atoms. The summed E-state index contributed by atoms with van der Waals surface area (Å²) in [6, 6.07) is 11.9. The molecule has 0 unspecified atom stereocenters. The van der Waals surface area contributed by atoms with Crippen molar-refractivity contribution in [2.75, 3.05) is 6.26 Å². The van der Waals surface area contributed by atoms with Crippen LogP contribution in [0.2, 0.25) is 0 Å². The molecule has 33 heteroatoms. The Bertz CT molecular complexity index is 1550. The summed E-state index contributed by atoms with van der Waals surface area (Å²) in [6.45, 7) is 0. The van der Waals surface area contributed by atoms with E-state index in [9.17, 15) is 26.0 Å². The molecule has 0 saturated carbocycles. The molecule has 0 fully saturated rings. The third kappa shape index (κ3) is 74.8. The van der Waals surface area contributed by atoms with Crippen LogP contribution in [0.5, 0.6) is 0 Å². The molecule has 2 aromatic carbocycles. The normalized spacial score (nSPS) is 10.5. The highest BCUT2D eigenvalue weighted by atomic mass is 79.9. The summed E-state index contributed by atoms with van der Waals surface area (Å²) >= 11 is 3.09. The van der Waals surface area contributed by atoms with E-state index >= 15 is 0 Å². The van der Waals surface area contributed by atoms with E-state index < -0.39 is 59.6 Å². The highest BCUT2D eigenvalue weighted by Gasteiger charge is 2.27. The van der Waals surface area contributed by atoms with Gasteiger partial charge in [0.05, 0.1) is 11.2 Å². The van der Waals surface area contributed by atoms with E-state index in [1.165, 1.54) is 17.5 Å². The van der Waals surface area contributed by atoms with Gasteiger partial charge in [0.15, 0.2) is 0 Å². The molecule has 11 N–H and O–H groups in total. The van der Waals surface area contributed by atoms with Crippen molar-refractivity contribution in [2.45, 2.75) is 4.90 Å². The molecular weight excluding hydrogens is 841 g/mol. The molecule has 0 heterocycles. The number of halogens is 1. The number of thiocyanates is 1. The minimum atomic E-state index is -5.05. The van der Waals surface area contributed by atoms with Gasteiger partial charge in [-0.3, -0.25) is 22.8 Å². The van der Waals surface area contributed by atoms with Crippen LogP contribution < -0.4 is 0 Å². The third-order valence-corrected chi connectivity index (χ3v) is 4.78. The molecule has 45 heavy (non-hydrogen) atoms. The van der Waals surface area contributed by atoms with Crippen LogP contribution in [-0.2, 0) is 48.6 Å². The second kappa shape index (κ2) is 26.4. The Hall–Kier alpha value is -1.68. The molecule has 0 aliphatic rings. The van der Waals surface area contributed by atoms with Gasteiger partial charge in [-0.2, -0.15) is 34.8 Å². The Labute approximate surface area is 269 Å². The van der Waals surface area contributed by atoms with Gasteiger partial charge in [0.25, 0.3) is 25.3 Å². The zero-order valence-corrected chi connectivity index (χ0v) is 29.1. The first-order valence-corrected chi connectivity index (χ1v) is 18.3. The van der Waals surface area contributed by atoms with Gasteiger partial charge < -0.3 is 34.6 Å².